The maximum absolute atomic E-state index is 5.96. The van der Waals surface area contributed by atoms with Crippen molar-refractivity contribution in [2.24, 2.45) is 5.73 Å². The Bertz CT molecular complexity index is 534. The summed E-state index contributed by atoms with van der Waals surface area (Å²) < 4.78 is 5.37. The van der Waals surface area contributed by atoms with Gasteiger partial charge in [0.25, 0.3) is 0 Å². The Morgan fingerprint density at radius 3 is 2.89 bits per heavy atom. The van der Waals surface area contributed by atoms with E-state index in [4.69, 9.17) is 10.5 Å². The summed E-state index contributed by atoms with van der Waals surface area (Å²) >= 11 is 0. The molecule has 0 aliphatic rings. The van der Waals surface area contributed by atoms with Gasteiger partial charge in [-0.25, -0.2) is 4.98 Å². The molecule has 2 aromatic rings. The van der Waals surface area contributed by atoms with E-state index in [1.807, 2.05) is 25.3 Å². The first kappa shape index (κ1) is 12.6. The molecule has 1 atom stereocenters. The van der Waals surface area contributed by atoms with Crippen molar-refractivity contribution in [2.75, 3.05) is 7.11 Å². The summed E-state index contributed by atoms with van der Waals surface area (Å²) in [5, 5.41) is 0. The van der Waals surface area contributed by atoms with Crippen LogP contribution < -0.4 is 10.5 Å². The van der Waals surface area contributed by atoms with Gasteiger partial charge >= 0.3 is 0 Å². The molecule has 0 fully saturated rings. The van der Waals surface area contributed by atoms with Crippen molar-refractivity contribution in [1.82, 2.24) is 9.97 Å². The minimum absolute atomic E-state index is 0.0467. The quantitative estimate of drug-likeness (QED) is 0.870. The minimum atomic E-state index is -0.0467. The molecule has 0 radical (unpaired) electrons. The molecule has 1 aromatic carbocycles. The molecule has 1 heterocycles. The molecular weight excluding hydrogens is 226 g/mol. The average molecular weight is 245 g/mol. The van der Waals surface area contributed by atoms with E-state index in [1.165, 1.54) is 5.56 Å². The van der Waals surface area contributed by atoms with Crippen LogP contribution in [0.5, 0.6) is 5.75 Å². The summed E-state index contributed by atoms with van der Waals surface area (Å²) in [5.74, 6) is 1.65. The molecule has 4 nitrogen and oxygen atoms in total. The second-order valence-electron chi connectivity index (χ2n) is 4.40. The number of nitrogens with two attached hydrogens (primary N) is 1. The number of aromatic amines is 1. The van der Waals surface area contributed by atoms with Crippen LogP contribution in [0.2, 0.25) is 0 Å². The van der Waals surface area contributed by atoms with Crippen LogP contribution in [0.4, 0.5) is 0 Å². The summed E-state index contributed by atoms with van der Waals surface area (Å²) in [4.78, 5) is 7.60. The average Bonchev–Trinajstić information content (AvgIpc) is 2.87. The number of methoxy groups -OCH3 is 1. The highest BCUT2D eigenvalue weighted by atomic mass is 16.5. The van der Waals surface area contributed by atoms with Gasteiger partial charge in [-0.2, -0.15) is 0 Å². The van der Waals surface area contributed by atoms with Crippen LogP contribution in [0.15, 0.2) is 24.4 Å². The van der Waals surface area contributed by atoms with Gasteiger partial charge in [0.1, 0.15) is 11.6 Å². The predicted molar refractivity (Wildman–Crippen MR) is 72.5 cm³/mol. The summed E-state index contributed by atoms with van der Waals surface area (Å²) in [5.41, 5.74) is 9.10. The van der Waals surface area contributed by atoms with Gasteiger partial charge in [0.2, 0.25) is 0 Å². The number of hydrogen-bond acceptors (Lipinski definition) is 3. The van der Waals surface area contributed by atoms with Crippen molar-refractivity contribution in [2.45, 2.75) is 26.3 Å². The molecule has 0 bridgehead atoms. The van der Waals surface area contributed by atoms with Gasteiger partial charge in [0, 0.05) is 5.56 Å². The highest BCUT2D eigenvalue weighted by molar-refractivity contribution is 5.67. The lowest BCUT2D eigenvalue weighted by molar-refractivity contribution is 0.416. The smallest absolute Gasteiger partial charge is 0.128 e. The van der Waals surface area contributed by atoms with Crippen LogP contribution in [0.1, 0.15) is 30.8 Å². The third-order valence-corrected chi connectivity index (χ3v) is 3.03. The van der Waals surface area contributed by atoms with E-state index in [0.717, 1.165) is 29.3 Å². The molecule has 0 amide bonds. The number of H-pyrrole nitrogens is 1. The molecule has 0 aliphatic carbocycles. The van der Waals surface area contributed by atoms with Crippen molar-refractivity contribution in [3.8, 4) is 17.0 Å². The highest BCUT2D eigenvalue weighted by Crippen LogP contribution is 2.30. The lowest BCUT2D eigenvalue weighted by atomic mass is 10.1. The van der Waals surface area contributed by atoms with Crippen LogP contribution in [-0.4, -0.2) is 17.1 Å². The van der Waals surface area contributed by atoms with E-state index >= 15 is 0 Å². The minimum Gasteiger partial charge on any atom is -0.496 e. The molecule has 1 aromatic heterocycles. The largest absolute Gasteiger partial charge is 0.496 e. The van der Waals surface area contributed by atoms with Crippen LogP contribution in [0, 0.1) is 6.92 Å². The SMILES string of the molecule is CCC(N)c1ncc(-c2cc(C)ccc2OC)[nH]1. The van der Waals surface area contributed by atoms with Gasteiger partial charge in [-0.1, -0.05) is 18.6 Å². The summed E-state index contributed by atoms with van der Waals surface area (Å²) in [7, 11) is 1.67. The number of imidazole rings is 1. The van der Waals surface area contributed by atoms with Crippen molar-refractivity contribution in [3.63, 3.8) is 0 Å². The fraction of sp³-hybridized carbons (Fsp3) is 0.357. The molecule has 96 valence electrons. The Morgan fingerprint density at radius 1 is 1.44 bits per heavy atom. The lowest BCUT2D eigenvalue weighted by Gasteiger charge is -2.08. The van der Waals surface area contributed by atoms with E-state index < -0.39 is 0 Å². The number of hydrogen-bond donors (Lipinski definition) is 2. The first-order valence-electron chi connectivity index (χ1n) is 6.11. The van der Waals surface area contributed by atoms with Crippen molar-refractivity contribution < 1.29 is 4.74 Å². The van der Waals surface area contributed by atoms with Crippen molar-refractivity contribution >= 4 is 0 Å². The zero-order valence-electron chi connectivity index (χ0n) is 11.0. The summed E-state index contributed by atoms with van der Waals surface area (Å²) in [6, 6.07) is 6.02. The Labute approximate surface area is 107 Å². The fourth-order valence-electron chi connectivity index (χ4n) is 1.89. The normalized spacial score (nSPS) is 12.4. The van der Waals surface area contributed by atoms with Gasteiger partial charge in [-0.3, -0.25) is 0 Å². The van der Waals surface area contributed by atoms with Crippen molar-refractivity contribution in [3.05, 3.63) is 35.8 Å². The Morgan fingerprint density at radius 2 is 2.22 bits per heavy atom. The van der Waals surface area contributed by atoms with Crippen LogP contribution in [0.3, 0.4) is 0 Å². The van der Waals surface area contributed by atoms with Gasteiger partial charge in [-0.05, 0) is 25.5 Å². The number of aryl methyl sites for hydroxylation is 1. The molecule has 1 unspecified atom stereocenters. The molecule has 0 saturated heterocycles. The molecule has 18 heavy (non-hydrogen) atoms. The molecule has 2 rings (SSSR count). The van der Waals surface area contributed by atoms with Crippen LogP contribution in [-0.2, 0) is 0 Å². The lowest BCUT2D eigenvalue weighted by Crippen LogP contribution is -2.10. The van der Waals surface area contributed by atoms with E-state index in [2.05, 4.69) is 23.0 Å². The van der Waals surface area contributed by atoms with E-state index in [1.54, 1.807) is 7.11 Å². The maximum Gasteiger partial charge on any atom is 0.128 e. The Kier molecular flexibility index (Phi) is 3.67. The number of rotatable bonds is 4. The number of aromatic nitrogens is 2. The number of ether oxygens (including phenoxy) is 1. The first-order chi connectivity index (χ1) is 8.65. The third-order valence-electron chi connectivity index (χ3n) is 3.03. The number of benzene rings is 1. The fourth-order valence-corrected chi connectivity index (χ4v) is 1.89. The summed E-state index contributed by atoms with van der Waals surface area (Å²) in [6.45, 7) is 4.10. The molecule has 0 aliphatic heterocycles. The maximum atomic E-state index is 5.96. The van der Waals surface area contributed by atoms with Gasteiger partial charge < -0.3 is 15.5 Å². The molecular formula is C14H19N3O. The third kappa shape index (κ3) is 2.38. The first-order valence-corrected chi connectivity index (χ1v) is 6.11. The Balaban J connectivity index is 2.42. The number of nitrogens with zero attached hydrogens (tertiary/aromatic N) is 1. The standard InChI is InChI=1S/C14H19N3O/c1-4-11(15)14-16-8-12(17-14)10-7-9(2)5-6-13(10)18-3/h5-8,11H,4,15H2,1-3H3,(H,16,17). The second kappa shape index (κ2) is 5.23. The predicted octanol–water partition coefficient (Wildman–Crippen LogP) is 2.80. The van der Waals surface area contributed by atoms with E-state index in [0.29, 0.717) is 0 Å². The monoisotopic (exact) mass is 245 g/mol. The van der Waals surface area contributed by atoms with Gasteiger partial charge in [0.05, 0.1) is 25.0 Å². The van der Waals surface area contributed by atoms with Gasteiger partial charge in [0.15, 0.2) is 0 Å². The molecule has 0 saturated carbocycles. The number of nitrogens with one attached hydrogen (secondary N) is 1. The van der Waals surface area contributed by atoms with Crippen molar-refractivity contribution in [1.29, 1.82) is 0 Å². The van der Waals surface area contributed by atoms with Crippen LogP contribution >= 0.6 is 0 Å². The van der Waals surface area contributed by atoms with E-state index in [9.17, 15) is 0 Å². The molecule has 0 spiro atoms. The molecule has 4 heteroatoms. The highest BCUT2D eigenvalue weighted by Gasteiger charge is 2.12. The van der Waals surface area contributed by atoms with Crippen LogP contribution in [0.25, 0.3) is 11.3 Å². The summed E-state index contributed by atoms with van der Waals surface area (Å²) in [6.07, 6.45) is 2.67. The second-order valence-corrected chi connectivity index (χ2v) is 4.40. The zero-order valence-corrected chi connectivity index (χ0v) is 11.0. The van der Waals surface area contributed by atoms with E-state index in [-0.39, 0.29) is 6.04 Å². The topological polar surface area (TPSA) is 63.9 Å². The Hall–Kier alpha value is -1.81. The molecule has 3 N–H and O–H groups in total. The zero-order chi connectivity index (χ0) is 13.1. The van der Waals surface area contributed by atoms with Gasteiger partial charge in [-0.15, -0.1) is 0 Å².